The zero-order valence-electron chi connectivity index (χ0n) is 14.5. The minimum atomic E-state index is -4.53. The summed E-state index contributed by atoms with van der Waals surface area (Å²) < 4.78 is 39.4. The molecule has 0 aliphatic carbocycles. The molecule has 0 amide bonds. The lowest BCUT2D eigenvalue weighted by Crippen LogP contribution is -2.37. The van der Waals surface area contributed by atoms with Crippen LogP contribution >= 0.6 is 0 Å². The number of halogens is 3. The molecule has 1 aliphatic heterocycles. The SMILES string of the molecule is CN(C)c1cc(C(F)(F)F)nc(N2CCC(C(O)c3ncc[nH]3)CC2)n1. The van der Waals surface area contributed by atoms with Crippen LogP contribution in [0.15, 0.2) is 18.5 Å². The largest absolute Gasteiger partial charge is 0.433 e. The topological polar surface area (TPSA) is 81.2 Å². The quantitative estimate of drug-likeness (QED) is 0.859. The number of aliphatic hydroxyl groups excluding tert-OH is 1. The molecule has 0 spiro atoms. The van der Waals surface area contributed by atoms with Gasteiger partial charge in [-0.1, -0.05) is 0 Å². The van der Waals surface area contributed by atoms with Gasteiger partial charge in [0, 0.05) is 45.6 Å². The summed E-state index contributed by atoms with van der Waals surface area (Å²) in [6.07, 6.45) is -0.805. The predicted molar refractivity (Wildman–Crippen MR) is 89.8 cm³/mol. The molecule has 1 saturated heterocycles. The van der Waals surface area contributed by atoms with Crippen molar-refractivity contribution in [1.29, 1.82) is 0 Å². The highest BCUT2D eigenvalue weighted by Gasteiger charge is 2.35. The van der Waals surface area contributed by atoms with Gasteiger partial charge in [0.15, 0.2) is 5.69 Å². The molecule has 0 radical (unpaired) electrons. The molecule has 3 heterocycles. The number of nitrogens with one attached hydrogen (secondary N) is 1. The Bertz CT molecular complexity index is 726. The summed E-state index contributed by atoms with van der Waals surface area (Å²) >= 11 is 0. The lowest BCUT2D eigenvalue weighted by molar-refractivity contribution is -0.141. The van der Waals surface area contributed by atoms with Crippen LogP contribution in [0.5, 0.6) is 0 Å². The summed E-state index contributed by atoms with van der Waals surface area (Å²) in [5.74, 6) is 0.764. The minimum absolute atomic E-state index is 0.0171. The molecule has 0 bridgehead atoms. The fraction of sp³-hybridized carbons (Fsp3) is 0.562. The van der Waals surface area contributed by atoms with Crippen LogP contribution in [0, 0.1) is 5.92 Å². The Morgan fingerprint density at radius 1 is 1.27 bits per heavy atom. The van der Waals surface area contributed by atoms with Gasteiger partial charge in [0.1, 0.15) is 17.7 Å². The van der Waals surface area contributed by atoms with Gasteiger partial charge in [-0.3, -0.25) is 0 Å². The number of aromatic amines is 1. The Kier molecular flexibility index (Phi) is 5.03. The summed E-state index contributed by atoms with van der Waals surface area (Å²) in [5, 5.41) is 10.4. The first kappa shape index (κ1) is 18.4. The number of aliphatic hydroxyl groups is 1. The van der Waals surface area contributed by atoms with Crippen LogP contribution in [0.3, 0.4) is 0 Å². The van der Waals surface area contributed by atoms with Crippen LogP contribution in [-0.4, -0.2) is 52.2 Å². The molecule has 0 aromatic carbocycles. The number of hydrogen-bond donors (Lipinski definition) is 2. The molecule has 10 heteroatoms. The average molecular weight is 370 g/mol. The normalized spacial score (nSPS) is 17.4. The zero-order valence-corrected chi connectivity index (χ0v) is 14.5. The maximum absolute atomic E-state index is 13.1. The summed E-state index contributed by atoms with van der Waals surface area (Å²) in [5.41, 5.74) is -0.955. The molecule has 1 aliphatic rings. The number of H-pyrrole nitrogens is 1. The molecule has 1 atom stereocenters. The standard InChI is InChI=1S/C16H21F3N6O/c1-24(2)12-9-11(16(17,18)19)22-15(23-12)25-7-3-10(4-8-25)13(26)14-20-5-6-21-14/h5-6,9-10,13,26H,3-4,7-8H2,1-2H3,(H,20,21). The van der Waals surface area contributed by atoms with Crippen molar-refractivity contribution >= 4 is 11.8 Å². The van der Waals surface area contributed by atoms with Gasteiger partial charge < -0.3 is 19.9 Å². The molecule has 0 saturated carbocycles. The monoisotopic (exact) mass is 370 g/mol. The summed E-state index contributed by atoms with van der Waals surface area (Å²) in [4.78, 5) is 18.2. The molecule has 26 heavy (non-hydrogen) atoms. The van der Waals surface area contributed by atoms with E-state index in [4.69, 9.17) is 0 Å². The third-order valence-electron chi connectivity index (χ3n) is 4.52. The number of nitrogens with zero attached hydrogens (tertiary/aromatic N) is 5. The van der Waals surface area contributed by atoms with Crippen LogP contribution < -0.4 is 9.80 Å². The van der Waals surface area contributed by atoms with E-state index >= 15 is 0 Å². The number of anilines is 2. The molecule has 142 valence electrons. The maximum atomic E-state index is 13.1. The van der Waals surface area contributed by atoms with Gasteiger partial charge in [0.05, 0.1) is 0 Å². The van der Waals surface area contributed by atoms with Crippen molar-refractivity contribution in [2.45, 2.75) is 25.1 Å². The number of piperidine rings is 1. The second kappa shape index (κ2) is 7.10. The minimum Gasteiger partial charge on any atom is -0.385 e. The second-order valence-electron chi connectivity index (χ2n) is 6.55. The predicted octanol–water partition coefficient (Wildman–Crippen LogP) is 2.23. The third kappa shape index (κ3) is 3.90. The number of imidazole rings is 1. The van der Waals surface area contributed by atoms with Crippen molar-refractivity contribution in [2.24, 2.45) is 5.92 Å². The summed E-state index contributed by atoms with van der Waals surface area (Å²) in [6, 6.07) is 0.941. The summed E-state index contributed by atoms with van der Waals surface area (Å²) in [6.45, 7) is 0.938. The first-order valence-corrected chi connectivity index (χ1v) is 8.31. The Balaban J connectivity index is 1.75. The number of aromatic nitrogens is 4. The van der Waals surface area contributed by atoms with Gasteiger partial charge in [-0.15, -0.1) is 0 Å². The van der Waals surface area contributed by atoms with Crippen molar-refractivity contribution in [3.05, 3.63) is 30.0 Å². The van der Waals surface area contributed by atoms with Crippen molar-refractivity contribution in [3.8, 4) is 0 Å². The molecule has 1 fully saturated rings. The van der Waals surface area contributed by atoms with E-state index in [1.807, 2.05) is 0 Å². The summed E-state index contributed by atoms with van der Waals surface area (Å²) in [7, 11) is 3.27. The number of hydrogen-bond acceptors (Lipinski definition) is 6. The average Bonchev–Trinajstić information content (AvgIpc) is 3.14. The van der Waals surface area contributed by atoms with Gasteiger partial charge in [-0.05, 0) is 18.8 Å². The van der Waals surface area contributed by atoms with E-state index in [1.165, 1.54) is 4.90 Å². The van der Waals surface area contributed by atoms with Crippen molar-refractivity contribution in [3.63, 3.8) is 0 Å². The van der Waals surface area contributed by atoms with Gasteiger partial charge >= 0.3 is 6.18 Å². The van der Waals surface area contributed by atoms with Crippen molar-refractivity contribution in [2.75, 3.05) is 37.0 Å². The lowest BCUT2D eigenvalue weighted by atomic mass is 9.91. The molecule has 2 aromatic rings. The number of rotatable bonds is 4. The fourth-order valence-corrected chi connectivity index (χ4v) is 3.02. The van der Waals surface area contributed by atoms with Crippen molar-refractivity contribution < 1.29 is 18.3 Å². The van der Waals surface area contributed by atoms with E-state index in [1.54, 1.807) is 31.4 Å². The van der Waals surface area contributed by atoms with Gasteiger partial charge in [-0.25, -0.2) is 9.97 Å². The zero-order chi connectivity index (χ0) is 18.9. The van der Waals surface area contributed by atoms with E-state index in [9.17, 15) is 18.3 Å². The molecule has 1 unspecified atom stereocenters. The smallest absolute Gasteiger partial charge is 0.385 e. The highest BCUT2D eigenvalue weighted by molar-refractivity contribution is 5.45. The molecule has 2 aromatic heterocycles. The highest BCUT2D eigenvalue weighted by atomic mass is 19.4. The molecule has 7 nitrogen and oxygen atoms in total. The van der Waals surface area contributed by atoms with Crippen LogP contribution in [0.4, 0.5) is 24.9 Å². The first-order valence-electron chi connectivity index (χ1n) is 8.31. The van der Waals surface area contributed by atoms with Gasteiger partial charge in [-0.2, -0.15) is 18.2 Å². The van der Waals surface area contributed by atoms with E-state index in [0.717, 1.165) is 6.07 Å². The van der Waals surface area contributed by atoms with Crippen LogP contribution in [-0.2, 0) is 6.18 Å². The third-order valence-corrected chi connectivity index (χ3v) is 4.52. The van der Waals surface area contributed by atoms with Crippen LogP contribution in [0.1, 0.15) is 30.5 Å². The second-order valence-corrected chi connectivity index (χ2v) is 6.55. The van der Waals surface area contributed by atoms with Gasteiger partial charge in [0.2, 0.25) is 5.95 Å². The molecule has 2 N–H and O–H groups in total. The van der Waals surface area contributed by atoms with Gasteiger partial charge in [0.25, 0.3) is 0 Å². The Morgan fingerprint density at radius 2 is 1.96 bits per heavy atom. The molecular weight excluding hydrogens is 349 g/mol. The number of alkyl halides is 3. The molecular formula is C16H21F3N6O. The Labute approximate surface area is 148 Å². The highest BCUT2D eigenvalue weighted by Crippen LogP contribution is 2.33. The van der Waals surface area contributed by atoms with E-state index in [0.29, 0.717) is 31.8 Å². The Hall–Kier alpha value is -2.36. The van der Waals surface area contributed by atoms with E-state index in [-0.39, 0.29) is 17.7 Å². The van der Waals surface area contributed by atoms with E-state index in [2.05, 4.69) is 19.9 Å². The Morgan fingerprint density at radius 3 is 2.50 bits per heavy atom. The molecule has 3 rings (SSSR count). The van der Waals surface area contributed by atoms with Crippen LogP contribution in [0.25, 0.3) is 0 Å². The maximum Gasteiger partial charge on any atom is 0.433 e. The van der Waals surface area contributed by atoms with Crippen molar-refractivity contribution in [1.82, 2.24) is 19.9 Å². The first-order chi connectivity index (χ1) is 12.3. The fourth-order valence-electron chi connectivity index (χ4n) is 3.02. The van der Waals surface area contributed by atoms with Crippen LogP contribution in [0.2, 0.25) is 0 Å². The van der Waals surface area contributed by atoms with E-state index < -0.39 is 18.0 Å². The lowest BCUT2D eigenvalue weighted by Gasteiger charge is -2.34.